The molecule has 3 aromatic rings. The molecule has 0 radical (unpaired) electrons. The molecule has 2 N–H and O–H groups in total. The van der Waals surface area contributed by atoms with E-state index in [9.17, 15) is 0 Å². The second-order valence-corrected chi connectivity index (χ2v) is 4.82. The fraction of sp³-hybridized carbons (Fsp3) is 0.385. The van der Waals surface area contributed by atoms with Crippen molar-refractivity contribution in [2.75, 3.05) is 11.9 Å². The quantitative estimate of drug-likeness (QED) is 0.686. The van der Waals surface area contributed by atoms with Gasteiger partial charge >= 0.3 is 0 Å². The Morgan fingerprint density at radius 3 is 3.00 bits per heavy atom. The largest absolute Gasteiger partial charge is 0.394 e. The van der Waals surface area contributed by atoms with Gasteiger partial charge < -0.3 is 10.4 Å². The fourth-order valence-electron chi connectivity index (χ4n) is 2.23. The van der Waals surface area contributed by atoms with Gasteiger partial charge in [-0.3, -0.25) is 4.68 Å². The van der Waals surface area contributed by atoms with Crippen LogP contribution in [0.4, 0.5) is 5.82 Å². The minimum Gasteiger partial charge on any atom is -0.394 e. The molecule has 3 rings (SSSR count). The summed E-state index contributed by atoms with van der Waals surface area (Å²) >= 11 is 0. The van der Waals surface area contributed by atoms with Crippen LogP contribution in [0, 0.1) is 0 Å². The van der Waals surface area contributed by atoms with Gasteiger partial charge in [-0.1, -0.05) is 0 Å². The average Bonchev–Trinajstić information content (AvgIpc) is 3.10. The minimum absolute atomic E-state index is 0.0270. The third-order valence-corrected chi connectivity index (χ3v) is 3.15. The first-order valence-corrected chi connectivity index (χ1v) is 6.79. The Kier molecular flexibility index (Phi) is 3.78. The molecule has 1 unspecified atom stereocenters. The van der Waals surface area contributed by atoms with Crippen LogP contribution in [0.5, 0.6) is 0 Å². The molecular weight excluding hydrogens is 270 g/mol. The molecule has 3 heterocycles. The van der Waals surface area contributed by atoms with E-state index in [2.05, 4.69) is 32.4 Å². The van der Waals surface area contributed by atoms with E-state index in [1.165, 1.54) is 6.33 Å². The van der Waals surface area contributed by atoms with Crippen LogP contribution in [0.15, 0.2) is 31.0 Å². The number of hydrogen-bond acceptors (Lipinski definition) is 6. The maximum Gasteiger partial charge on any atom is 0.163 e. The van der Waals surface area contributed by atoms with Crippen molar-refractivity contribution < 1.29 is 5.11 Å². The third-order valence-electron chi connectivity index (χ3n) is 3.15. The van der Waals surface area contributed by atoms with Crippen LogP contribution >= 0.6 is 0 Å². The molecule has 0 saturated heterocycles. The lowest BCUT2D eigenvalue weighted by molar-refractivity contribution is 0.271. The summed E-state index contributed by atoms with van der Waals surface area (Å²) in [5.74, 6) is 0.740. The highest BCUT2D eigenvalue weighted by atomic mass is 16.3. The smallest absolute Gasteiger partial charge is 0.163 e. The lowest BCUT2D eigenvalue weighted by Gasteiger charge is -2.14. The molecule has 0 aliphatic heterocycles. The summed E-state index contributed by atoms with van der Waals surface area (Å²) in [7, 11) is 0. The maximum absolute atomic E-state index is 9.03. The summed E-state index contributed by atoms with van der Waals surface area (Å²) in [5.41, 5.74) is 0.716. The van der Waals surface area contributed by atoms with Crippen molar-refractivity contribution in [3.63, 3.8) is 0 Å². The van der Waals surface area contributed by atoms with Crippen LogP contribution in [0.3, 0.4) is 0 Å². The van der Waals surface area contributed by atoms with Gasteiger partial charge in [0.05, 0.1) is 31.3 Å². The van der Waals surface area contributed by atoms with E-state index in [1.54, 1.807) is 17.1 Å². The lowest BCUT2D eigenvalue weighted by atomic mass is 10.3. The normalized spacial score (nSPS) is 12.7. The first kappa shape index (κ1) is 13.5. The first-order chi connectivity index (χ1) is 10.3. The number of nitrogens with zero attached hydrogens (tertiary/aromatic N) is 6. The molecule has 110 valence electrons. The van der Waals surface area contributed by atoms with Gasteiger partial charge in [-0.25, -0.2) is 14.6 Å². The second kappa shape index (κ2) is 5.88. The molecule has 0 aliphatic carbocycles. The number of aromatic nitrogens is 6. The predicted molar refractivity (Wildman–Crippen MR) is 77.7 cm³/mol. The number of aliphatic hydroxyl groups is 1. The summed E-state index contributed by atoms with van der Waals surface area (Å²) < 4.78 is 3.53. The van der Waals surface area contributed by atoms with Gasteiger partial charge in [0.15, 0.2) is 5.65 Å². The van der Waals surface area contributed by atoms with E-state index < -0.39 is 0 Å². The number of hydrogen-bond donors (Lipinski definition) is 2. The highest BCUT2D eigenvalue weighted by molar-refractivity contribution is 5.86. The molecule has 0 saturated carbocycles. The molecule has 3 aromatic heterocycles. The molecule has 0 spiro atoms. The number of rotatable bonds is 6. The van der Waals surface area contributed by atoms with E-state index in [1.807, 2.05) is 16.9 Å². The number of anilines is 1. The van der Waals surface area contributed by atoms with Gasteiger partial charge in [0.1, 0.15) is 12.1 Å². The van der Waals surface area contributed by atoms with Crippen molar-refractivity contribution in [3.8, 4) is 0 Å². The molecule has 8 nitrogen and oxygen atoms in total. The highest BCUT2D eigenvalue weighted by Gasteiger charge is 2.11. The monoisotopic (exact) mass is 287 g/mol. The molecule has 0 bridgehead atoms. The maximum atomic E-state index is 9.03. The van der Waals surface area contributed by atoms with Gasteiger partial charge in [0, 0.05) is 18.4 Å². The average molecular weight is 287 g/mol. The molecule has 8 heteroatoms. The molecule has 0 aromatic carbocycles. The molecule has 0 aliphatic rings. The highest BCUT2D eigenvalue weighted by Crippen LogP contribution is 2.19. The van der Waals surface area contributed by atoms with Gasteiger partial charge in [0.25, 0.3) is 0 Å². The summed E-state index contributed by atoms with van der Waals surface area (Å²) in [6.45, 7) is 3.25. The Morgan fingerprint density at radius 2 is 2.24 bits per heavy atom. The Balaban J connectivity index is 1.80. The van der Waals surface area contributed by atoms with Gasteiger partial charge in [-0.2, -0.15) is 10.2 Å². The van der Waals surface area contributed by atoms with Crippen molar-refractivity contribution >= 4 is 16.9 Å². The van der Waals surface area contributed by atoms with Crippen LogP contribution in [0.2, 0.25) is 0 Å². The van der Waals surface area contributed by atoms with Gasteiger partial charge in [-0.05, 0) is 13.0 Å². The molecule has 1 atom stereocenters. The van der Waals surface area contributed by atoms with Crippen LogP contribution in [-0.4, -0.2) is 47.3 Å². The molecule has 0 fully saturated rings. The van der Waals surface area contributed by atoms with Gasteiger partial charge in [0.2, 0.25) is 0 Å². The third kappa shape index (κ3) is 2.84. The Hall–Kier alpha value is -2.48. The van der Waals surface area contributed by atoms with Gasteiger partial charge in [-0.15, -0.1) is 0 Å². The molecular formula is C13H17N7O. The summed E-state index contributed by atoms with van der Waals surface area (Å²) in [6.07, 6.45) is 6.90. The number of nitrogens with one attached hydrogen (secondary N) is 1. The zero-order valence-electron chi connectivity index (χ0n) is 11.7. The predicted octanol–water partition coefficient (Wildman–Crippen LogP) is 0.516. The SMILES string of the molecule is CC(Cn1cccn1)Nc1ncnc2c1cnn2CCO. The van der Waals surface area contributed by atoms with E-state index in [4.69, 9.17) is 5.11 Å². The Labute approximate surface area is 121 Å². The van der Waals surface area contributed by atoms with E-state index in [0.29, 0.717) is 12.2 Å². The Bertz CT molecular complexity index is 706. The summed E-state index contributed by atoms with van der Waals surface area (Å²) in [6, 6.07) is 2.05. The molecule has 0 amide bonds. The topological polar surface area (TPSA) is 93.7 Å². The van der Waals surface area contributed by atoms with Crippen LogP contribution < -0.4 is 5.32 Å². The van der Waals surface area contributed by atoms with E-state index >= 15 is 0 Å². The minimum atomic E-state index is 0.0270. The number of fused-ring (bicyclic) bond motifs is 1. The fourth-order valence-corrected chi connectivity index (χ4v) is 2.23. The van der Waals surface area contributed by atoms with Crippen molar-refractivity contribution in [2.24, 2.45) is 0 Å². The molecule has 21 heavy (non-hydrogen) atoms. The number of aliphatic hydroxyl groups excluding tert-OH is 1. The lowest BCUT2D eigenvalue weighted by Crippen LogP contribution is -2.23. The zero-order chi connectivity index (χ0) is 14.7. The summed E-state index contributed by atoms with van der Waals surface area (Å²) in [5, 5.41) is 21.6. The standard InChI is InChI=1S/C13H17N7O/c1-10(8-19-4-2-3-16-19)18-12-11-7-17-20(5-6-21)13(11)15-9-14-12/h2-4,7,9-10,21H,5-6,8H2,1H3,(H,14,15,18). The van der Waals surface area contributed by atoms with Crippen molar-refractivity contribution in [1.29, 1.82) is 0 Å². The van der Waals surface area contributed by atoms with Crippen molar-refractivity contribution in [1.82, 2.24) is 29.5 Å². The first-order valence-electron chi connectivity index (χ1n) is 6.79. The van der Waals surface area contributed by atoms with Crippen LogP contribution in [0.1, 0.15) is 6.92 Å². The van der Waals surface area contributed by atoms with E-state index in [0.717, 1.165) is 17.7 Å². The van der Waals surface area contributed by atoms with Crippen LogP contribution in [0.25, 0.3) is 11.0 Å². The zero-order valence-corrected chi connectivity index (χ0v) is 11.7. The van der Waals surface area contributed by atoms with Crippen LogP contribution in [-0.2, 0) is 13.1 Å². The van der Waals surface area contributed by atoms with E-state index in [-0.39, 0.29) is 12.6 Å². The van der Waals surface area contributed by atoms with Crippen molar-refractivity contribution in [3.05, 3.63) is 31.0 Å². The van der Waals surface area contributed by atoms with Crippen molar-refractivity contribution in [2.45, 2.75) is 26.1 Å². The summed E-state index contributed by atoms with van der Waals surface area (Å²) in [4.78, 5) is 8.51. The second-order valence-electron chi connectivity index (χ2n) is 4.82. The Morgan fingerprint density at radius 1 is 1.33 bits per heavy atom.